The second-order valence-corrected chi connectivity index (χ2v) is 10.5. The Bertz CT molecular complexity index is 1240. The van der Waals surface area contributed by atoms with Crippen LogP contribution in [-0.2, 0) is 24.4 Å². The Morgan fingerprint density at radius 3 is 2.27 bits per heavy atom. The molecule has 1 aliphatic rings. The minimum Gasteiger partial charge on any atom is -0.494 e. The summed E-state index contributed by atoms with van der Waals surface area (Å²) in [6.07, 6.45) is 0.973. The third-order valence-electron chi connectivity index (χ3n) is 6.84. The van der Waals surface area contributed by atoms with E-state index in [1.54, 1.807) is 0 Å². The third-order valence-corrected chi connectivity index (χ3v) is 6.84. The van der Waals surface area contributed by atoms with Gasteiger partial charge in [-0.15, -0.1) is 0 Å². The number of anilines is 1. The van der Waals surface area contributed by atoms with E-state index in [1.807, 2.05) is 77.7 Å². The van der Waals surface area contributed by atoms with Crippen LogP contribution in [0.1, 0.15) is 37.0 Å². The zero-order valence-corrected chi connectivity index (χ0v) is 23.3. The van der Waals surface area contributed by atoms with Crippen molar-refractivity contribution < 1.29 is 24.2 Å². The van der Waals surface area contributed by atoms with Crippen LogP contribution in [0.2, 0.25) is 0 Å². The number of piperazine rings is 1. The highest BCUT2D eigenvalue weighted by molar-refractivity contribution is 5.89. The molecule has 0 radical (unpaired) electrons. The van der Waals surface area contributed by atoms with Gasteiger partial charge in [0.25, 0.3) is 0 Å². The van der Waals surface area contributed by atoms with E-state index in [9.17, 15) is 14.7 Å². The maximum absolute atomic E-state index is 12.7. The number of hydrogen-bond donors (Lipinski definition) is 2. The molecular formula is C32H39N3O5. The lowest BCUT2D eigenvalue weighted by atomic mass is 10.1. The number of carbonyl (C=O) groups excluding carboxylic acids is 1. The van der Waals surface area contributed by atoms with Crippen LogP contribution in [0.15, 0.2) is 72.8 Å². The molecule has 0 saturated carbocycles. The summed E-state index contributed by atoms with van der Waals surface area (Å²) >= 11 is 0. The lowest BCUT2D eigenvalue weighted by Crippen LogP contribution is -2.49. The summed E-state index contributed by atoms with van der Waals surface area (Å²) in [6, 6.07) is 22.9. The van der Waals surface area contributed by atoms with E-state index in [4.69, 9.17) is 9.47 Å². The predicted octanol–water partition coefficient (Wildman–Crippen LogP) is 5.67. The molecule has 0 unspecified atom stereocenters. The van der Waals surface area contributed by atoms with Crippen molar-refractivity contribution in [3.05, 3.63) is 89.5 Å². The Labute approximate surface area is 236 Å². The number of rotatable bonds is 12. The summed E-state index contributed by atoms with van der Waals surface area (Å²) in [4.78, 5) is 28.1. The third kappa shape index (κ3) is 9.02. The highest BCUT2D eigenvalue weighted by atomic mass is 16.5. The van der Waals surface area contributed by atoms with Gasteiger partial charge in [0.2, 0.25) is 0 Å². The van der Waals surface area contributed by atoms with E-state index in [1.165, 1.54) is 0 Å². The van der Waals surface area contributed by atoms with Gasteiger partial charge in [0, 0.05) is 44.0 Å². The molecule has 2 amide bonds. The summed E-state index contributed by atoms with van der Waals surface area (Å²) in [5.74, 6) is 1.32. The van der Waals surface area contributed by atoms with Gasteiger partial charge in [0.15, 0.2) is 0 Å². The predicted molar refractivity (Wildman–Crippen MR) is 156 cm³/mol. The SMILES string of the molecule is CC(C)CCOc1ccc(COc2ccc(CC(=O)O)cc2CN2CCN(C(=O)Nc3ccccc3)CC2)cc1. The number of carboxylic acids is 1. The van der Waals surface area contributed by atoms with Crippen LogP contribution in [0, 0.1) is 5.92 Å². The molecule has 1 saturated heterocycles. The van der Waals surface area contributed by atoms with Crippen LogP contribution in [0.3, 0.4) is 0 Å². The molecule has 3 aromatic carbocycles. The molecule has 212 valence electrons. The Morgan fingerprint density at radius 1 is 0.900 bits per heavy atom. The first-order valence-corrected chi connectivity index (χ1v) is 13.9. The summed E-state index contributed by atoms with van der Waals surface area (Å²) in [5.41, 5.74) is 3.48. The largest absolute Gasteiger partial charge is 0.494 e. The summed E-state index contributed by atoms with van der Waals surface area (Å²) in [5, 5.41) is 12.2. The van der Waals surface area contributed by atoms with Crippen LogP contribution < -0.4 is 14.8 Å². The zero-order chi connectivity index (χ0) is 28.3. The molecule has 8 heteroatoms. The van der Waals surface area contributed by atoms with Gasteiger partial charge in [-0.1, -0.05) is 56.3 Å². The lowest BCUT2D eigenvalue weighted by molar-refractivity contribution is -0.136. The van der Waals surface area contributed by atoms with Crippen LogP contribution in [-0.4, -0.2) is 59.7 Å². The quantitative estimate of drug-likeness (QED) is 0.305. The highest BCUT2D eigenvalue weighted by Gasteiger charge is 2.22. The zero-order valence-electron chi connectivity index (χ0n) is 23.3. The molecule has 40 heavy (non-hydrogen) atoms. The minimum absolute atomic E-state index is 0.0427. The smallest absolute Gasteiger partial charge is 0.321 e. The standard InChI is InChI=1S/C32H39N3O5/c1-24(2)14-19-39-29-11-8-25(9-12-29)23-40-30-13-10-26(21-31(36)37)20-27(30)22-34-15-17-35(18-16-34)32(38)33-28-6-4-3-5-7-28/h3-13,20,24H,14-19,21-23H2,1-2H3,(H,33,38)(H,36,37). The molecule has 8 nitrogen and oxygen atoms in total. The van der Waals surface area contributed by atoms with E-state index in [0.717, 1.165) is 40.3 Å². The van der Waals surface area contributed by atoms with Gasteiger partial charge in [0.1, 0.15) is 18.1 Å². The topological polar surface area (TPSA) is 91.3 Å². The molecule has 0 atom stereocenters. The Kier molecular flexibility index (Phi) is 10.4. The monoisotopic (exact) mass is 545 g/mol. The minimum atomic E-state index is -0.867. The molecule has 2 N–H and O–H groups in total. The first-order chi connectivity index (χ1) is 19.4. The average Bonchev–Trinajstić information content (AvgIpc) is 2.94. The lowest BCUT2D eigenvalue weighted by Gasteiger charge is -2.35. The molecule has 0 aromatic heterocycles. The number of amides is 2. The average molecular weight is 546 g/mol. The fourth-order valence-corrected chi connectivity index (χ4v) is 4.51. The molecule has 0 bridgehead atoms. The molecule has 3 aromatic rings. The fourth-order valence-electron chi connectivity index (χ4n) is 4.51. The van der Waals surface area contributed by atoms with Crippen LogP contribution >= 0.6 is 0 Å². The number of nitrogens with one attached hydrogen (secondary N) is 1. The Balaban J connectivity index is 1.34. The molecule has 1 aliphatic heterocycles. The van der Waals surface area contributed by atoms with E-state index in [2.05, 4.69) is 24.1 Å². The van der Waals surface area contributed by atoms with E-state index >= 15 is 0 Å². The van der Waals surface area contributed by atoms with Gasteiger partial charge in [-0.2, -0.15) is 0 Å². The van der Waals surface area contributed by atoms with Crippen molar-refractivity contribution in [1.82, 2.24) is 9.80 Å². The maximum Gasteiger partial charge on any atom is 0.321 e. The second kappa shape index (κ2) is 14.4. The van der Waals surface area contributed by atoms with E-state index in [0.29, 0.717) is 51.9 Å². The number of urea groups is 1. The highest BCUT2D eigenvalue weighted by Crippen LogP contribution is 2.25. The molecule has 1 heterocycles. The molecule has 4 rings (SSSR count). The molecule has 0 spiro atoms. The number of aliphatic carboxylic acids is 1. The normalized spacial score (nSPS) is 13.7. The number of nitrogens with zero attached hydrogens (tertiary/aromatic N) is 2. The molecule has 1 fully saturated rings. The van der Waals surface area contributed by atoms with Crippen molar-refractivity contribution in [2.45, 2.75) is 39.8 Å². The van der Waals surface area contributed by atoms with Gasteiger partial charge < -0.3 is 24.8 Å². The van der Waals surface area contributed by atoms with Crippen molar-refractivity contribution in [1.29, 1.82) is 0 Å². The summed E-state index contributed by atoms with van der Waals surface area (Å²) in [7, 11) is 0. The van der Waals surface area contributed by atoms with E-state index < -0.39 is 5.97 Å². The van der Waals surface area contributed by atoms with Crippen molar-refractivity contribution in [3.63, 3.8) is 0 Å². The first kappa shape index (κ1) is 29.0. The van der Waals surface area contributed by atoms with Crippen LogP contribution in [0.5, 0.6) is 11.5 Å². The molecular weight excluding hydrogens is 506 g/mol. The van der Waals surface area contributed by atoms with E-state index in [-0.39, 0.29) is 12.5 Å². The Hall–Kier alpha value is -4.04. The number of ether oxygens (including phenoxy) is 2. The van der Waals surface area contributed by atoms with Crippen molar-refractivity contribution in [2.24, 2.45) is 5.92 Å². The number of carbonyl (C=O) groups is 2. The van der Waals surface area contributed by atoms with Crippen molar-refractivity contribution in [2.75, 3.05) is 38.1 Å². The van der Waals surface area contributed by atoms with Crippen molar-refractivity contribution in [3.8, 4) is 11.5 Å². The summed E-state index contributed by atoms with van der Waals surface area (Å²) < 4.78 is 12.0. The second-order valence-electron chi connectivity index (χ2n) is 10.5. The number of para-hydroxylation sites is 1. The van der Waals surface area contributed by atoms with Gasteiger partial charge in [0.05, 0.1) is 13.0 Å². The van der Waals surface area contributed by atoms with Crippen LogP contribution in [0.25, 0.3) is 0 Å². The van der Waals surface area contributed by atoms with Gasteiger partial charge >= 0.3 is 12.0 Å². The maximum atomic E-state index is 12.7. The van der Waals surface area contributed by atoms with Gasteiger partial charge in [-0.05, 0) is 53.8 Å². The van der Waals surface area contributed by atoms with Gasteiger partial charge in [-0.25, -0.2) is 4.79 Å². The number of carboxylic acid groups (broad SMARTS) is 1. The first-order valence-electron chi connectivity index (χ1n) is 13.9. The number of hydrogen-bond acceptors (Lipinski definition) is 5. The summed E-state index contributed by atoms with van der Waals surface area (Å²) in [6.45, 7) is 8.70. The molecule has 0 aliphatic carbocycles. The fraction of sp³-hybridized carbons (Fsp3) is 0.375. The Morgan fingerprint density at radius 2 is 1.60 bits per heavy atom. The van der Waals surface area contributed by atoms with Gasteiger partial charge in [-0.3, -0.25) is 9.69 Å². The van der Waals surface area contributed by atoms with Crippen molar-refractivity contribution >= 4 is 17.7 Å². The number of benzene rings is 3. The van der Waals surface area contributed by atoms with Crippen LogP contribution in [0.4, 0.5) is 10.5 Å².